The number of rotatable bonds is 7. The molecule has 0 unspecified atom stereocenters. The third-order valence-corrected chi connectivity index (χ3v) is 4.72. The summed E-state index contributed by atoms with van der Waals surface area (Å²) >= 11 is 6.11. The van der Waals surface area contributed by atoms with Gasteiger partial charge in [0.2, 0.25) is 5.91 Å². The molecule has 3 aromatic rings. The molecule has 0 heterocycles. The molecule has 28 heavy (non-hydrogen) atoms. The molecule has 146 valence electrons. The van der Waals surface area contributed by atoms with E-state index in [4.69, 9.17) is 21.1 Å². The van der Waals surface area contributed by atoms with Crippen LogP contribution >= 0.6 is 11.6 Å². The van der Waals surface area contributed by atoms with Crippen molar-refractivity contribution in [3.8, 4) is 11.5 Å². The van der Waals surface area contributed by atoms with Crippen molar-refractivity contribution in [3.05, 3.63) is 65.2 Å². The van der Waals surface area contributed by atoms with Crippen LogP contribution in [-0.4, -0.2) is 38.6 Å². The average Bonchev–Trinajstić information content (AvgIpc) is 2.68. The molecule has 1 N–H and O–H groups in total. The van der Waals surface area contributed by atoms with Crippen molar-refractivity contribution < 1.29 is 14.3 Å². The summed E-state index contributed by atoms with van der Waals surface area (Å²) in [6, 6.07) is 17.8. The van der Waals surface area contributed by atoms with Gasteiger partial charge in [0.1, 0.15) is 11.5 Å². The third kappa shape index (κ3) is 4.74. The van der Waals surface area contributed by atoms with Crippen molar-refractivity contribution in [2.75, 3.05) is 33.1 Å². The summed E-state index contributed by atoms with van der Waals surface area (Å²) in [6.45, 7) is 0.903. The lowest BCUT2D eigenvalue weighted by atomic mass is 10.1. The van der Waals surface area contributed by atoms with Gasteiger partial charge in [0.05, 0.1) is 31.5 Å². The summed E-state index contributed by atoms with van der Waals surface area (Å²) in [6.07, 6.45) is 0. The van der Waals surface area contributed by atoms with Gasteiger partial charge in [0.15, 0.2) is 0 Å². The van der Waals surface area contributed by atoms with E-state index in [9.17, 15) is 4.79 Å². The minimum Gasteiger partial charge on any atom is -0.495 e. The summed E-state index contributed by atoms with van der Waals surface area (Å²) in [4.78, 5) is 14.5. The summed E-state index contributed by atoms with van der Waals surface area (Å²) < 4.78 is 10.5. The second-order valence-corrected chi connectivity index (χ2v) is 7.00. The highest BCUT2D eigenvalue weighted by molar-refractivity contribution is 6.32. The smallest absolute Gasteiger partial charge is 0.238 e. The van der Waals surface area contributed by atoms with E-state index in [-0.39, 0.29) is 12.5 Å². The Balaban J connectivity index is 1.65. The number of nitrogens with one attached hydrogen (secondary N) is 1. The van der Waals surface area contributed by atoms with Gasteiger partial charge >= 0.3 is 0 Å². The molecule has 0 atom stereocenters. The van der Waals surface area contributed by atoms with Crippen molar-refractivity contribution in [2.45, 2.75) is 6.54 Å². The number of amides is 1. The molecule has 0 aliphatic heterocycles. The topological polar surface area (TPSA) is 50.8 Å². The highest BCUT2D eigenvalue weighted by Crippen LogP contribution is 2.35. The quantitative estimate of drug-likeness (QED) is 0.632. The van der Waals surface area contributed by atoms with E-state index < -0.39 is 0 Å². The fourth-order valence-corrected chi connectivity index (χ4v) is 3.33. The number of hydrogen-bond acceptors (Lipinski definition) is 4. The Hall–Kier alpha value is -2.76. The number of carbonyl (C=O) groups is 1. The number of carbonyl (C=O) groups excluding carboxylic acids is 1. The zero-order chi connectivity index (χ0) is 20.1. The van der Waals surface area contributed by atoms with Gasteiger partial charge in [0.25, 0.3) is 0 Å². The third-order valence-electron chi connectivity index (χ3n) is 4.43. The van der Waals surface area contributed by atoms with Crippen LogP contribution in [0.4, 0.5) is 5.69 Å². The molecule has 0 aromatic heterocycles. The Morgan fingerprint density at radius 3 is 2.43 bits per heavy atom. The minimum atomic E-state index is -0.147. The van der Waals surface area contributed by atoms with Gasteiger partial charge in [-0.3, -0.25) is 9.69 Å². The second-order valence-electron chi connectivity index (χ2n) is 6.59. The Morgan fingerprint density at radius 1 is 1.00 bits per heavy atom. The molecule has 3 aromatic carbocycles. The zero-order valence-corrected chi connectivity index (χ0v) is 16.9. The van der Waals surface area contributed by atoms with E-state index >= 15 is 0 Å². The molecule has 1 amide bonds. The van der Waals surface area contributed by atoms with Crippen LogP contribution in [0.25, 0.3) is 10.8 Å². The lowest BCUT2D eigenvalue weighted by molar-refractivity contribution is -0.117. The zero-order valence-electron chi connectivity index (χ0n) is 16.2. The van der Waals surface area contributed by atoms with Crippen LogP contribution in [0, 0.1) is 0 Å². The Morgan fingerprint density at radius 2 is 1.71 bits per heavy atom. The SMILES string of the molecule is COc1cc(NC(=O)CN(C)Cc2ccc3ccccc3c2)c(OC)cc1Cl. The van der Waals surface area contributed by atoms with E-state index in [1.165, 1.54) is 25.0 Å². The molecule has 0 bridgehead atoms. The van der Waals surface area contributed by atoms with Crippen molar-refractivity contribution in [1.82, 2.24) is 4.90 Å². The van der Waals surface area contributed by atoms with Gasteiger partial charge in [-0.05, 0) is 29.4 Å². The summed E-state index contributed by atoms with van der Waals surface area (Å²) in [5, 5.41) is 5.68. The number of halogens is 1. The first-order valence-corrected chi connectivity index (χ1v) is 9.25. The van der Waals surface area contributed by atoms with Crippen LogP contribution < -0.4 is 14.8 Å². The fraction of sp³-hybridized carbons (Fsp3) is 0.227. The van der Waals surface area contributed by atoms with E-state index in [2.05, 4.69) is 35.6 Å². The summed E-state index contributed by atoms with van der Waals surface area (Å²) in [5.41, 5.74) is 1.67. The first-order valence-electron chi connectivity index (χ1n) is 8.87. The van der Waals surface area contributed by atoms with Gasteiger partial charge in [-0.1, -0.05) is 48.0 Å². The van der Waals surface area contributed by atoms with Crippen LogP contribution in [0.1, 0.15) is 5.56 Å². The normalized spacial score (nSPS) is 10.9. The second kappa shape index (κ2) is 8.95. The lowest BCUT2D eigenvalue weighted by Gasteiger charge is -2.18. The standard InChI is InChI=1S/C22H23ClN2O3/c1-25(13-15-8-9-16-6-4-5-7-17(16)10-15)14-22(26)24-19-12-20(27-2)18(23)11-21(19)28-3/h4-12H,13-14H2,1-3H3,(H,24,26). The van der Waals surface area contributed by atoms with Gasteiger partial charge in [-0.15, -0.1) is 0 Å². The predicted molar refractivity (Wildman–Crippen MR) is 113 cm³/mol. The number of benzene rings is 3. The first kappa shape index (κ1) is 20.0. The molecule has 5 nitrogen and oxygen atoms in total. The number of likely N-dealkylation sites (N-methyl/N-ethyl adjacent to an activating group) is 1. The van der Waals surface area contributed by atoms with Crippen molar-refractivity contribution in [3.63, 3.8) is 0 Å². The van der Waals surface area contributed by atoms with Crippen molar-refractivity contribution >= 4 is 34.0 Å². The minimum absolute atomic E-state index is 0.147. The first-order chi connectivity index (χ1) is 13.5. The molecule has 0 aliphatic rings. The number of anilines is 1. The summed E-state index contributed by atoms with van der Waals surface area (Å²) in [5.74, 6) is 0.810. The van der Waals surface area contributed by atoms with Crippen LogP contribution in [0.5, 0.6) is 11.5 Å². The molecule has 0 aliphatic carbocycles. The average molecular weight is 399 g/mol. The van der Waals surface area contributed by atoms with Crippen molar-refractivity contribution in [1.29, 1.82) is 0 Å². The largest absolute Gasteiger partial charge is 0.495 e. The number of ether oxygens (including phenoxy) is 2. The maximum absolute atomic E-state index is 12.5. The molecule has 3 rings (SSSR count). The number of hydrogen-bond donors (Lipinski definition) is 1. The number of fused-ring (bicyclic) bond motifs is 1. The lowest BCUT2D eigenvalue weighted by Crippen LogP contribution is -2.30. The van der Waals surface area contributed by atoms with Crippen LogP contribution in [0.3, 0.4) is 0 Å². The maximum Gasteiger partial charge on any atom is 0.238 e. The van der Waals surface area contributed by atoms with Crippen LogP contribution in [-0.2, 0) is 11.3 Å². The van der Waals surface area contributed by atoms with Gasteiger partial charge in [-0.25, -0.2) is 0 Å². The van der Waals surface area contributed by atoms with Crippen LogP contribution in [0.15, 0.2) is 54.6 Å². The Labute approximate surface area is 169 Å². The van der Waals surface area contributed by atoms with E-state index in [0.29, 0.717) is 28.8 Å². The molecule has 0 radical (unpaired) electrons. The predicted octanol–water partition coefficient (Wildman–Crippen LogP) is 4.58. The van der Waals surface area contributed by atoms with E-state index in [1.807, 2.05) is 24.1 Å². The number of nitrogens with zero attached hydrogens (tertiary/aromatic N) is 1. The monoisotopic (exact) mass is 398 g/mol. The molecule has 0 fully saturated rings. The molecular formula is C22H23ClN2O3. The van der Waals surface area contributed by atoms with Crippen molar-refractivity contribution in [2.24, 2.45) is 0 Å². The van der Waals surface area contributed by atoms with E-state index in [1.54, 1.807) is 12.1 Å². The number of methoxy groups -OCH3 is 2. The molecule has 0 saturated carbocycles. The molecule has 6 heteroatoms. The molecular weight excluding hydrogens is 376 g/mol. The van der Waals surface area contributed by atoms with Gasteiger partial charge < -0.3 is 14.8 Å². The summed E-state index contributed by atoms with van der Waals surface area (Å²) in [7, 11) is 4.96. The highest BCUT2D eigenvalue weighted by atomic mass is 35.5. The fourth-order valence-electron chi connectivity index (χ4n) is 3.10. The Bertz CT molecular complexity index is 991. The highest BCUT2D eigenvalue weighted by Gasteiger charge is 2.14. The van der Waals surface area contributed by atoms with Gasteiger partial charge in [0, 0.05) is 18.7 Å². The maximum atomic E-state index is 12.5. The van der Waals surface area contributed by atoms with Gasteiger partial charge in [-0.2, -0.15) is 0 Å². The Kier molecular flexibility index (Phi) is 6.39. The molecule has 0 spiro atoms. The molecule has 0 saturated heterocycles. The van der Waals surface area contributed by atoms with Crippen LogP contribution in [0.2, 0.25) is 5.02 Å². The van der Waals surface area contributed by atoms with E-state index in [0.717, 1.165) is 5.56 Å².